The molecule has 1 unspecified atom stereocenters. The van der Waals surface area contributed by atoms with Gasteiger partial charge >= 0.3 is 5.97 Å². The van der Waals surface area contributed by atoms with Gasteiger partial charge in [0.15, 0.2) is 0 Å². The second-order valence-corrected chi connectivity index (χ2v) is 6.87. The molecule has 0 radical (unpaired) electrons. The molecular weight excluding hydrogens is 356 g/mol. The quantitative estimate of drug-likeness (QED) is 0.621. The summed E-state index contributed by atoms with van der Waals surface area (Å²) in [5, 5.41) is 14.4. The minimum atomic E-state index is -0.907. The zero-order valence-electron chi connectivity index (χ0n) is 16.2. The molecule has 0 aliphatic rings. The van der Waals surface area contributed by atoms with Crippen molar-refractivity contribution in [2.75, 3.05) is 6.54 Å². The van der Waals surface area contributed by atoms with Gasteiger partial charge in [0, 0.05) is 18.0 Å². The van der Waals surface area contributed by atoms with Gasteiger partial charge < -0.3 is 15.7 Å². The second-order valence-electron chi connectivity index (χ2n) is 6.87. The number of amides is 2. The van der Waals surface area contributed by atoms with Crippen LogP contribution in [0.3, 0.4) is 0 Å². The fourth-order valence-electron chi connectivity index (χ4n) is 2.85. The molecule has 0 fully saturated rings. The highest BCUT2D eigenvalue weighted by Gasteiger charge is 2.16. The van der Waals surface area contributed by atoms with Gasteiger partial charge in [-0.15, -0.1) is 0 Å². The van der Waals surface area contributed by atoms with Crippen LogP contribution in [0.25, 0.3) is 0 Å². The predicted octanol–water partition coefficient (Wildman–Crippen LogP) is 2.63. The Balaban J connectivity index is 1.91. The number of benzene rings is 2. The lowest BCUT2D eigenvalue weighted by molar-refractivity contribution is -0.137. The van der Waals surface area contributed by atoms with E-state index >= 15 is 0 Å². The monoisotopic (exact) mass is 382 g/mol. The van der Waals surface area contributed by atoms with Crippen LogP contribution in [0.15, 0.2) is 48.5 Å². The van der Waals surface area contributed by atoms with Gasteiger partial charge in [-0.1, -0.05) is 36.4 Å². The molecule has 6 heteroatoms. The molecule has 28 heavy (non-hydrogen) atoms. The molecule has 0 spiro atoms. The van der Waals surface area contributed by atoms with Crippen molar-refractivity contribution in [3.8, 4) is 0 Å². The first-order valence-electron chi connectivity index (χ1n) is 9.25. The van der Waals surface area contributed by atoms with Crippen LogP contribution in [0.1, 0.15) is 39.9 Å². The highest BCUT2D eigenvalue weighted by atomic mass is 16.4. The Hall–Kier alpha value is -3.15. The molecule has 0 bridgehead atoms. The van der Waals surface area contributed by atoms with Gasteiger partial charge in [0.1, 0.15) is 0 Å². The van der Waals surface area contributed by atoms with E-state index < -0.39 is 5.97 Å². The third-order valence-corrected chi connectivity index (χ3v) is 4.58. The molecule has 2 aromatic carbocycles. The molecule has 1 atom stereocenters. The number of hydrogen-bond donors (Lipinski definition) is 3. The van der Waals surface area contributed by atoms with E-state index in [2.05, 4.69) is 10.6 Å². The number of rotatable bonds is 9. The first kappa shape index (κ1) is 21.2. The molecule has 0 saturated heterocycles. The first-order valence-corrected chi connectivity index (χ1v) is 9.25. The lowest BCUT2D eigenvalue weighted by atomic mass is 10.0. The lowest BCUT2D eigenvalue weighted by Crippen LogP contribution is -2.43. The summed E-state index contributed by atoms with van der Waals surface area (Å²) in [6.45, 7) is 3.73. The van der Waals surface area contributed by atoms with Crippen molar-refractivity contribution in [2.45, 2.75) is 39.2 Å². The summed E-state index contributed by atoms with van der Waals surface area (Å²) < 4.78 is 0. The van der Waals surface area contributed by atoms with Crippen molar-refractivity contribution in [3.05, 3.63) is 70.8 Å². The van der Waals surface area contributed by atoms with Crippen LogP contribution in [-0.4, -0.2) is 35.5 Å². The number of hydrogen-bond acceptors (Lipinski definition) is 3. The van der Waals surface area contributed by atoms with Gasteiger partial charge in [-0.2, -0.15) is 0 Å². The van der Waals surface area contributed by atoms with Crippen molar-refractivity contribution in [3.63, 3.8) is 0 Å². The number of nitrogens with one attached hydrogen (secondary N) is 2. The molecule has 3 N–H and O–H groups in total. The zero-order valence-corrected chi connectivity index (χ0v) is 16.2. The zero-order chi connectivity index (χ0) is 20.5. The van der Waals surface area contributed by atoms with Crippen molar-refractivity contribution < 1.29 is 19.5 Å². The van der Waals surface area contributed by atoms with Gasteiger partial charge in [0.05, 0.1) is 6.54 Å². The maximum absolute atomic E-state index is 12.3. The molecular formula is C22H26N2O4. The maximum atomic E-state index is 12.3. The first-order chi connectivity index (χ1) is 13.3. The van der Waals surface area contributed by atoms with E-state index in [0.717, 1.165) is 16.7 Å². The number of carboxylic acid groups (broad SMARTS) is 1. The number of aliphatic carboxylic acids is 1. The Morgan fingerprint density at radius 1 is 1.00 bits per heavy atom. The molecule has 148 valence electrons. The van der Waals surface area contributed by atoms with Gasteiger partial charge in [-0.05, 0) is 55.5 Å². The van der Waals surface area contributed by atoms with E-state index in [0.29, 0.717) is 18.4 Å². The normalized spacial score (nSPS) is 11.5. The molecule has 2 amide bonds. The number of carbonyl (C=O) groups is 3. The topological polar surface area (TPSA) is 95.5 Å². The summed E-state index contributed by atoms with van der Waals surface area (Å²) in [6, 6.07) is 14.6. The van der Waals surface area contributed by atoms with Crippen molar-refractivity contribution >= 4 is 17.8 Å². The fraction of sp³-hybridized carbons (Fsp3) is 0.318. The standard InChI is InChI=1S/C22H26N2O4/c1-15-8-9-18(12-16(15)2)22(28)23-14-20(25)24-19(10-11-21(26)27)13-17-6-4-3-5-7-17/h3-9,12,19H,10-11,13-14H2,1-2H3,(H,23,28)(H,24,25)(H,26,27). The second kappa shape index (κ2) is 10.3. The van der Waals surface area contributed by atoms with Gasteiger partial charge in [-0.25, -0.2) is 0 Å². The largest absolute Gasteiger partial charge is 0.481 e. The van der Waals surface area contributed by atoms with E-state index in [1.54, 1.807) is 12.1 Å². The van der Waals surface area contributed by atoms with Crippen LogP contribution < -0.4 is 10.6 Å². The molecule has 0 saturated carbocycles. The van der Waals surface area contributed by atoms with E-state index in [4.69, 9.17) is 5.11 Å². The highest BCUT2D eigenvalue weighted by molar-refractivity contribution is 5.96. The minimum absolute atomic E-state index is 0.0349. The maximum Gasteiger partial charge on any atom is 0.303 e. The average Bonchev–Trinajstić information content (AvgIpc) is 2.67. The van der Waals surface area contributed by atoms with Gasteiger partial charge in [-0.3, -0.25) is 14.4 Å². The third kappa shape index (κ3) is 6.87. The molecule has 2 rings (SSSR count). The Morgan fingerprint density at radius 3 is 2.36 bits per heavy atom. The van der Waals surface area contributed by atoms with Crippen molar-refractivity contribution in [1.29, 1.82) is 0 Å². The predicted molar refractivity (Wildman–Crippen MR) is 107 cm³/mol. The van der Waals surface area contributed by atoms with Gasteiger partial charge in [0.2, 0.25) is 5.91 Å². The molecule has 6 nitrogen and oxygen atoms in total. The fourth-order valence-corrected chi connectivity index (χ4v) is 2.85. The van der Waals surface area contributed by atoms with E-state index in [9.17, 15) is 14.4 Å². The minimum Gasteiger partial charge on any atom is -0.481 e. The number of carboxylic acids is 1. The Labute approximate surface area is 165 Å². The molecule has 2 aromatic rings. The summed E-state index contributed by atoms with van der Waals surface area (Å²) >= 11 is 0. The van der Waals surface area contributed by atoms with Crippen LogP contribution in [0.4, 0.5) is 0 Å². The van der Waals surface area contributed by atoms with Crippen LogP contribution in [-0.2, 0) is 16.0 Å². The van der Waals surface area contributed by atoms with Crippen molar-refractivity contribution in [1.82, 2.24) is 10.6 Å². The SMILES string of the molecule is Cc1ccc(C(=O)NCC(=O)NC(CCC(=O)O)Cc2ccccc2)cc1C. The van der Waals surface area contributed by atoms with Gasteiger partial charge in [0.25, 0.3) is 5.91 Å². The summed E-state index contributed by atoms with van der Waals surface area (Å²) in [7, 11) is 0. The Morgan fingerprint density at radius 2 is 1.71 bits per heavy atom. The summed E-state index contributed by atoms with van der Waals surface area (Å²) in [5.74, 6) is -1.57. The molecule has 0 aliphatic heterocycles. The summed E-state index contributed by atoms with van der Waals surface area (Å²) in [5.41, 5.74) is 3.62. The number of carbonyl (C=O) groups excluding carboxylic acids is 2. The number of aryl methyl sites for hydroxylation is 2. The summed E-state index contributed by atoms with van der Waals surface area (Å²) in [6.07, 6.45) is 0.818. The van der Waals surface area contributed by atoms with Crippen LogP contribution in [0.5, 0.6) is 0 Å². The third-order valence-electron chi connectivity index (χ3n) is 4.58. The lowest BCUT2D eigenvalue weighted by Gasteiger charge is -2.18. The average molecular weight is 382 g/mol. The molecule has 0 heterocycles. The molecule has 0 aliphatic carbocycles. The summed E-state index contributed by atoms with van der Waals surface area (Å²) in [4.78, 5) is 35.4. The van der Waals surface area contributed by atoms with Crippen LogP contribution in [0.2, 0.25) is 0 Å². The van der Waals surface area contributed by atoms with E-state index in [-0.39, 0.29) is 30.8 Å². The van der Waals surface area contributed by atoms with Crippen molar-refractivity contribution in [2.24, 2.45) is 0 Å². The Kier molecular flexibility index (Phi) is 7.75. The molecule has 0 aromatic heterocycles. The van der Waals surface area contributed by atoms with E-state index in [1.165, 1.54) is 0 Å². The smallest absolute Gasteiger partial charge is 0.303 e. The van der Waals surface area contributed by atoms with E-state index in [1.807, 2.05) is 50.2 Å². The van der Waals surface area contributed by atoms with Crippen LogP contribution >= 0.6 is 0 Å². The van der Waals surface area contributed by atoms with Crippen LogP contribution in [0, 0.1) is 13.8 Å². The Bertz CT molecular complexity index is 834. The highest BCUT2D eigenvalue weighted by Crippen LogP contribution is 2.10.